The normalized spacial score (nSPS) is 10.7. The molecule has 0 atom stereocenters. The van der Waals surface area contributed by atoms with Gasteiger partial charge in [0.05, 0.1) is 24.5 Å². The minimum absolute atomic E-state index is 0.191. The summed E-state index contributed by atoms with van der Waals surface area (Å²) in [6.07, 6.45) is 2.32. The van der Waals surface area contributed by atoms with E-state index in [1.807, 2.05) is 45.0 Å². The van der Waals surface area contributed by atoms with E-state index >= 15 is 0 Å². The molecule has 0 fully saturated rings. The molecule has 37 heavy (non-hydrogen) atoms. The van der Waals surface area contributed by atoms with E-state index in [9.17, 15) is 9.59 Å². The van der Waals surface area contributed by atoms with Crippen molar-refractivity contribution in [3.63, 3.8) is 0 Å². The largest absolute Gasteiger partial charge is 0.490 e. The minimum Gasteiger partial charge on any atom is -0.490 e. The van der Waals surface area contributed by atoms with Crippen molar-refractivity contribution in [1.29, 1.82) is 0 Å². The zero-order valence-corrected chi connectivity index (χ0v) is 21.8. The summed E-state index contributed by atoms with van der Waals surface area (Å²) in [7, 11) is 0. The van der Waals surface area contributed by atoms with Gasteiger partial charge in [0.1, 0.15) is 5.75 Å². The van der Waals surface area contributed by atoms with Crippen molar-refractivity contribution >= 4 is 35.3 Å². The fraction of sp³-hybridized carbons (Fsp3) is 0.250. The first kappa shape index (κ1) is 27.5. The molecule has 0 aliphatic carbocycles. The van der Waals surface area contributed by atoms with Gasteiger partial charge in [0.25, 0.3) is 11.8 Å². The second-order valence-electron chi connectivity index (χ2n) is 8.03. The lowest BCUT2D eigenvalue weighted by Gasteiger charge is -2.12. The van der Waals surface area contributed by atoms with Gasteiger partial charge < -0.3 is 19.5 Å². The van der Waals surface area contributed by atoms with Crippen LogP contribution in [-0.4, -0.2) is 37.8 Å². The highest BCUT2D eigenvalue weighted by Gasteiger charge is 2.12. The zero-order chi connectivity index (χ0) is 26.6. The van der Waals surface area contributed by atoms with Crippen molar-refractivity contribution in [2.24, 2.45) is 5.10 Å². The number of anilines is 1. The Morgan fingerprint density at radius 2 is 1.68 bits per heavy atom. The highest BCUT2D eigenvalue weighted by molar-refractivity contribution is 6.32. The second kappa shape index (κ2) is 13.9. The fourth-order valence-electron chi connectivity index (χ4n) is 3.17. The topological polar surface area (TPSA) is 98.3 Å². The van der Waals surface area contributed by atoms with Crippen molar-refractivity contribution in [3.8, 4) is 17.2 Å². The number of amides is 2. The Morgan fingerprint density at radius 3 is 2.38 bits per heavy atom. The maximum atomic E-state index is 12.5. The van der Waals surface area contributed by atoms with Gasteiger partial charge in [-0.2, -0.15) is 5.10 Å². The molecule has 0 heterocycles. The summed E-state index contributed by atoms with van der Waals surface area (Å²) in [6.45, 7) is 6.66. The molecular weight excluding hydrogens is 494 g/mol. The SMILES string of the molecule is CCCOc1ccc(C(=O)N/N=C/c2ccc(OCC(=O)Nc3ccc(C)cc3)c(Cl)c2)cc1OCC. The summed E-state index contributed by atoms with van der Waals surface area (Å²) in [5.74, 6) is 0.752. The van der Waals surface area contributed by atoms with Gasteiger partial charge in [-0.05, 0) is 74.4 Å². The van der Waals surface area contributed by atoms with Crippen molar-refractivity contribution in [2.75, 3.05) is 25.1 Å². The summed E-state index contributed by atoms with van der Waals surface area (Å²) >= 11 is 6.29. The highest BCUT2D eigenvalue weighted by atomic mass is 35.5. The minimum atomic E-state index is -0.398. The van der Waals surface area contributed by atoms with Gasteiger partial charge in [-0.25, -0.2) is 5.43 Å². The number of hydrogen-bond acceptors (Lipinski definition) is 6. The van der Waals surface area contributed by atoms with E-state index in [0.29, 0.717) is 52.3 Å². The number of nitrogens with zero attached hydrogens (tertiary/aromatic N) is 1. The van der Waals surface area contributed by atoms with Gasteiger partial charge in [-0.1, -0.05) is 36.2 Å². The van der Waals surface area contributed by atoms with Crippen molar-refractivity contribution in [1.82, 2.24) is 5.43 Å². The predicted molar refractivity (Wildman–Crippen MR) is 145 cm³/mol. The molecule has 3 aromatic carbocycles. The Morgan fingerprint density at radius 1 is 0.919 bits per heavy atom. The van der Waals surface area contributed by atoms with Crippen LogP contribution in [0.15, 0.2) is 65.8 Å². The molecule has 194 valence electrons. The first-order chi connectivity index (χ1) is 17.9. The number of ether oxygens (including phenoxy) is 3. The van der Waals surface area contributed by atoms with E-state index < -0.39 is 5.91 Å². The number of rotatable bonds is 12. The van der Waals surface area contributed by atoms with E-state index in [-0.39, 0.29) is 12.5 Å². The predicted octanol–water partition coefficient (Wildman–Crippen LogP) is 5.62. The number of hydrazone groups is 1. The third-order valence-corrected chi connectivity index (χ3v) is 5.29. The standard InChI is InChI=1S/C28H30ClN3O5/c1-4-14-36-25-13-9-21(16-26(25)35-5-2)28(34)32-30-17-20-8-12-24(23(29)15-20)37-18-27(33)31-22-10-6-19(3)7-11-22/h6-13,15-17H,4-5,14,18H2,1-3H3,(H,31,33)(H,32,34)/b30-17+. The molecule has 9 heteroatoms. The van der Waals surface area contributed by atoms with Gasteiger partial charge >= 0.3 is 0 Å². The first-order valence-corrected chi connectivity index (χ1v) is 12.3. The van der Waals surface area contributed by atoms with E-state index in [1.165, 1.54) is 6.21 Å². The summed E-state index contributed by atoms with van der Waals surface area (Å²) in [4.78, 5) is 24.7. The number of aryl methyl sites for hydroxylation is 1. The van der Waals surface area contributed by atoms with Crippen molar-refractivity contribution in [2.45, 2.75) is 27.2 Å². The molecule has 2 N–H and O–H groups in total. The first-order valence-electron chi connectivity index (χ1n) is 11.9. The van der Waals surface area contributed by atoms with Crippen LogP contribution in [0, 0.1) is 6.92 Å². The number of carbonyl (C=O) groups is 2. The summed E-state index contributed by atoms with van der Waals surface area (Å²) in [6, 6.07) is 17.4. The highest BCUT2D eigenvalue weighted by Crippen LogP contribution is 2.29. The van der Waals surface area contributed by atoms with Gasteiger partial charge in [0, 0.05) is 11.3 Å². The lowest BCUT2D eigenvalue weighted by Crippen LogP contribution is -2.20. The van der Waals surface area contributed by atoms with E-state index in [0.717, 1.165) is 12.0 Å². The van der Waals surface area contributed by atoms with Crippen LogP contribution < -0.4 is 25.0 Å². The molecule has 0 spiro atoms. The van der Waals surface area contributed by atoms with Crippen molar-refractivity contribution < 1.29 is 23.8 Å². The van der Waals surface area contributed by atoms with Crippen LogP contribution in [0.5, 0.6) is 17.2 Å². The number of nitrogens with one attached hydrogen (secondary N) is 2. The van der Waals surface area contributed by atoms with E-state index in [4.69, 9.17) is 25.8 Å². The number of hydrogen-bond donors (Lipinski definition) is 2. The van der Waals surface area contributed by atoms with E-state index in [1.54, 1.807) is 36.4 Å². The third-order valence-electron chi connectivity index (χ3n) is 5.00. The fourth-order valence-corrected chi connectivity index (χ4v) is 3.41. The van der Waals surface area contributed by atoms with Crippen LogP contribution in [-0.2, 0) is 4.79 Å². The molecule has 3 rings (SSSR count). The Hall–Kier alpha value is -4.04. The molecule has 0 saturated heterocycles. The lowest BCUT2D eigenvalue weighted by atomic mass is 10.2. The zero-order valence-electron chi connectivity index (χ0n) is 21.0. The number of benzene rings is 3. The molecule has 0 aromatic heterocycles. The molecule has 0 aliphatic rings. The molecule has 0 bridgehead atoms. The molecule has 2 amide bonds. The van der Waals surface area contributed by atoms with Crippen LogP contribution in [0.25, 0.3) is 0 Å². The van der Waals surface area contributed by atoms with Gasteiger partial charge in [0.15, 0.2) is 18.1 Å². The molecule has 3 aromatic rings. The molecule has 0 aliphatic heterocycles. The molecule has 8 nitrogen and oxygen atoms in total. The average molecular weight is 524 g/mol. The third kappa shape index (κ3) is 8.54. The average Bonchev–Trinajstić information content (AvgIpc) is 2.89. The maximum Gasteiger partial charge on any atom is 0.271 e. The van der Waals surface area contributed by atoms with Gasteiger partial charge in [-0.15, -0.1) is 0 Å². The lowest BCUT2D eigenvalue weighted by molar-refractivity contribution is -0.118. The van der Waals surface area contributed by atoms with Crippen molar-refractivity contribution in [3.05, 3.63) is 82.4 Å². The quantitative estimate of drug-likeness (QED) is 0.237. The second-order valence-corrected chi connectivity index (χ2v) is 8.44. The van der Waals surface area contributed by atoms with Gasteiger partial charge in [0.2, 0.25) is 0 Å². The van der Waals surface area contributed by atoms with Gasteiger partial charge in [-0.3, -0.25) is 9.59 Å². The number of carbonyl (C=O) groups excluding carboxylic acids is 2. The van der Waals surface area contributed by atoms with Crippen LogP contribution in [0.3, 0.4) is 0 Å². The van der Waals surface area contributed by atoms with Crippen LogP contribution >= 0.6 is 11.6 Å². The Labute approximate surface area is 221 Å². The smallest absolute Gasteiger partial charge is 0.271 e. The van der Waals surface area contributed by atoms with E-state index in [2.05, 4.69) is 15.8 Å². The summed E-state index contributed by atoms with van der Waals surface area (Å²) in [5.41, 5.74) is 5.30. The Bertz CT molecular complexity index is 1250. The number of halogens is 1. The maximum absolute atomic E-state index is 12.5. The summed E-state index contributed by atoms with van der Waals surface area (Å²) < 4.78 is 16.8. The molecule has 0 radical (unpaired) electrons. The van der Waals surface area contributed by atoms with Crippen LogP contribution in [0.1, 0.15) is 41.8 Å². The Balaban J connectivity index is 1.54. The monoisotopic (exact) mass is 523 g/mol. The Kier molecular flexibility index (Phi) is 10.3. The summed E-state index contributed by atoms with van der Waals surface area (Å²) in [5, 5.41) is 7.07. The van der Waals surface area contributed by atoms with Crippen LogP contribution in [0.2, 0.25) is 5.02 Å². The molecular formula is C28H30ClN3O5. The molecule has 0 unspecified atom stereocenters. The molecule has 0 saturated carbocycles. The van der Waals surface area contributed by atoms with Crippen LogP contribution in [0.4, 0.5) is 5.69 Å².